The third kappa shape index (κ3) is 8.51. The number of rotatable bonds is 13. The van der Waals surface area contributed by atoms with Gasteiger partial charge in [-0.25, -0.2) is 0 Å². The van der Waals surface area contributed by atoms with Gasteiger partial charge >= 0.3 is 0 Å². The van der Waals surface area contributed by atoms with E-state index in [2.05, 4.69) is 12.2 Å². The maximum atomic E-state index is 13.3. The maximum absolute atomic E-state index is 13.3. The highest BCUT2D eigenvalue weighted by molar-refractivity contribution is 7.99. The Labute approximate surface area is 202 Å². The minimum Gasteiger partial charge on any atom is -0.354 e. The molecule has 0 unspecified atom stereocenters. The molecule has 0 saturated carbocycles. The summed E-state index contributed by atoms with van der Waals surface area (Å²) in [6.07, 6.45) is 3.73. The highest BCUT2D eigenvalue weighted by Crippen LogP contribution is 2.22. The number of thioether (sulfide) groups is 1. The molecule has 0 radical (unpaired) electrons. The molecule has 4 nitrogen and oxygen atoms in total. The molecule has 2 rings (SSSR count). The molecular weight excluding hydrogens is 440 g/mol. The number of nitrogens with zero attached hydrogens (tertiary/aromatic N) is 1. The largest absolute Gasteiger partial charge is 0.354 e. The predicted octanol–water partition coefficient (Wildman–Crippen LogP) is 6.24. The first-order valence-electron chi connectivity index (χ1n) is 11.5. The van der Waals surface area contributed by atoms with Crippen molar-refractivity contribution in [2.75, 3.05) is 12.3 Å². The highest BCUT2D eigenvalue weighted by Gasteiger charge is 2.28. The standard InChI is InChI=1S/C26H35ClN2O2S/c1-4-6-17-28-26(31)24(5-2)29(19-21-11-8-7-10-20(21)3)25(30)12-9-18-32-23-15-13-22(27)14-16-23/h7-8,10-11,13-16,24H,4-6,9,12,17-19H2,1-3H3,(H,28,31)/t24-/m0/s1. The van der Waals surface area contributed by atoms with Gasteiger partial charge in [-0.3, -0.25) is 9.59 Å². The molecule has 2 aromatic carbocycles. The molecule has 0 bridgehead atoms. The Bertz CT molecular complexity index is 857. The van der Waals surface area contributed by atoms with Crippen LogP contribution in [-0.4, -0.2) is 35.1 Å². The third-order valence-electron chi connectivity index (χ3n) is 5.43. The Morgan fingerprint density at radius 2 is 1.78 bits per heavy atom. The number of halogens is 1. The molecule has 32 heavy (non-hydrogen) atoms. The Balaban J connectivity index is 2.04. The first-order valence-corrected chi connectivity index (χ1v) is 12.8. The van der Waals surface area contributed by atoms with E-state index in [-0.39, 0.29) is 11.8 Å². The summed E-state index contributed by atoms with van der Waals surface area (Å²) in [5.41, 5.74) is 2.21. The average Bonchev–Trinajstić information content (AvgIpc) is 2.79. The van der Waals surface area contributed by atoms with E-state index >= 15 is 0 Å². The summed E-state index contributed by atoms with van der Waals surface area (Å²) in [6.45, 7) is 7.21. The fourth-order valence-corrected chi connectivity index (χ4v) is 4.46. The van der Waals surface area contributed by atoms with E-state index in [1.807, 2.05) is 62.4 Å². The van der Waals surface area contributed by atoms with Crippen LogP contribution in [0.5, 0.6) is 0 Å². The number of hydrogen-bond acceptors (Lipinski definition) is 3. The molecular formula is C26H35ClN2O2S. The molecule has 0 fully saturated rings. The van der Waals surface area contributed by atoms with Gasteiger partial charge in [0.2, 0.25) is 11.8 Å². The number of carbonyl (C=O) groups is 2. The van der Waals surface area contributed by atoms with Gasteiger partial charge in [-0.15, -0.1) is 11.8 Å². The Kier molecular flexibility index (Phi) is 11.7. The zero-order valence-electron chi connectivity index (χ0n) is 19.4. The van der Waals surface area contributed by atoms with Crippen molar-refractivity contribution in [1.29, 1.82) is 0 Å². The first-order chi connectivity index (χ1) is 15.5. The van der Waals surface area contributed by atoms with Crippen molar-refractivity contribution in [3.8, 4) is 0 Å². The van der Waals surface area contributed by atoms with Crippen molar-refractivity contribution in [2.45, 2.75) is 70.4 Å². The van der Waals surface area contributed by atoms with E-state index in [1.54, 1.807) is 16.7 Å². The quantitative estimate of drug-likeness (QED) is 0.276. The van der Waals surface area contributed by atoms with Crippen molar-refractivity contribution in [1.82, 2.24) is 10.2 Å². The molecule has 6 heteroatoms. The molecule has 0 aliphatic rings. The van der Waals surface area contributed by atoms with Gasteiger partial charge in [0.1, 0.15) is 6.04 Å². The van der Waals surface area contributed by atoms with Crippen molar-refractivity contribution in [2.24, 2.45) is 0 Å². The lowest BCUT2D eigenvalue weighted by Crippen LogP contribution is -2.49. The molecule has 0 saturated heterocycles. The number of amides is 2. The van der Waals surface area contributed by atoms with Crippen LogP contribution in [-0.2, 0) is 16.1 Å². The smallest absolute Gasteiger partial charge is 0.242 e. The number of unbranched alkanes of at least 4 members (excludes halogenated alkanes) is 1. The molecule has 0 heterocycles. The van der Waals surface area contributed by atoms with Gasteiger partial charge in [-0.1, -0.05) is 56.1 Å². The average molecular weight is 475 g/mol. The fourth-order valence-electron chi connectivity index (χ4n) is 3.48. The Morgan fingerprint density at radius 1 is 1.06 bits per heavy atom. The van der Waals surface area contributed by atoms with Crippen LogP contribution in [0.1, 0.15) is 57.1 Å². The summed E-state index contributed by atoms with van der Waals surface area (Å²) in [5, 5.41) is 3.74. The van der Waals surface area contributed by atoms with Crippen LogP contribution in [0.15, 0.2) is 53.4 Å². The Morgan fingerprint density at radius 3 is 2.44 bits per heavy atom. The second kappa shape index (κ2) is 14.2. The molecule has 1 N–H and O–H groups in total. The number of carbonyl (C=O) groups excluding carboxylic acids is 2. The molecule has 0 aromatic heterocycles. The fraction of sp³-hybridized carbons (Fsp3) is 0.462. The van der Waals surface area contributed by atoms with E-state index in [0.717, 1.165) is 46.1 Å². The third-order valence-corrected chi connectivity index (χ3v) is 6.79. The van der Waals surface area contributed by atoms with Gasteiger partial charge in [0, 0.05) is 29.4 Å². The summed E-state index contributed by atoms with van der Waals surface area (Å²) in [7, 11) is 0. The molecule has 174 valence electrons. The second-order valence-electron chi connectivity index (χ2n) is 7.92. The molecule has 2 aromatic rings. The summed E-state index contributed by atoms with van der Waals surface area (Å²) in [5.74, 6) is 0.811. The van der Waals surface area contributed by atoms with Crippen LogP contribution in [0.3, 0.4) is 0 Å². The van der Waals surface area contributed by atoms with Gasteiger partial charge < -0.3 is 10.2 Å². The van der Waals surface area contributed by atoms with Crippen LogP contribution in [0.2, 0.25) is 5.02 Å². The Hall–Kier alpha value is -1.98. The lowest BCUT2D eigenvalue weighted by atomic mass is 10.1. The van der Waals surface area contributed by atoms with Crippen molar-refractivity contribution >= 4 is 35.2 Å². The van der Waals surface area contributed by atoms with Gasteiger partial charge in [-0.2, -0.15) is 0 Å². The van der Waals surface area contributed by atoms with Crippen molar-refractivity contribution < 1.29 is 9.59 Å². The maximum Gasteiger partial charge on any atom is 0.242 e. The van der Waals surface area contributed by atoms with Crippen LogP contribution in [0, 0.1) is 6.92 Å². The minimum atomic E-state index is -0.456. The monoisotopic (exact) mass is 474 g/mol. The van der Waals surface area contributed by atoms with Crippen LogP contribution in [0.4, 0.5) is 0 Å². The SMILES string of the molecule is CCCCNC(=O)[C@H](CC)N(Cc1ccccc1C)C(=O)CCCSc1ccc(Cl)cc1. The van der Waals surface area contributed by atoms with Crippen molar-refractivity contribution in [3.05, 3.63) is 64.7 Å². The zero-order chi connectivity index (χ0) is 23.3. The van der Waals surface area contributed by atoms with E-state index in [0.29, 0.717) is 25.9 Å². The topological polar surface area (TPSA) is 49.4 Å². The summed E-state index contributed by atoms with van der Waals surface area (Å²) >= 11 is 7.66. The molecule has 0 aliphatic carbocycles. The van der Waals surface area contributed by atoms with Crippen LogP contribution in [0.25, 0.3) is 0 Å². The zero-order valence-corrected chi connectivity index (χ0v) is 21.0. The van der Waals surface area contributed by atoms with Gasteiger partial charge in [0.25, 0.3) is 0 Å². The van der Waals surface area contributed by atoms with Crippen LogP contribution >= 0.6 is 23.4 Å². The normalized spacial score (nSPS) is 11.8. The van der Waals surface area contributed by atoms with E-state index < -0.39 is 6.04 Å². The lowest BCUT2D eigenvalue weighted by molar-refractivity contribution is -0.141. The van der Waals surface area contributed by atoms with Gasteiger partial charge in [0.15, 0.2) is 0 Å². The highest BCUT2D eigenvalue weighted by atomic mass is 35.5. The van der Waals surface area contributed by atoms with Gasteiger partial charge in [-0.05, 0) is 67.3 Å². The summed E-state index contributed by atoms with van der Waals surface area (Å²) in [6, 6.07) is 15.3. The van der Waals surface area contributed by atoms with Gasteiger partial charge in [0.05, 0.1) is 0 Å². The second-order valence-corrected chi connectivity index (χ2v) is 9.53. The summed E-state index contributed by atoms with van der Waals surface area (Å²) in [4.78, 5) is 29.1. The first kappa shape index (κ1) is 26.3. The molecule has 1 atom stereocenters. The lowest BCUT2D eigenvalue weighted by Gasteiger charge is -2.31. The minimum absolute atomic E-state index is 0.0300. The van der Waals surface area contributed by atoms with E-state index in [1.165, 1.54) is 0 Å². The van der Waals surface area contributed by atoms with Crippen LogP contribution < -0.4 is 5.32 Å². The predicted molar refractivity (Wildman–Crippen MR) is 135 cm³/mol. The molecule has 2 amide bonds. The number of hydrogen-bond donors (Lipinski definition) is 1. The number of nitrogens with one attached hydrogen (secondary N) is 1. The number of aryl methyl sites for hydroxylation is 1. The van der Waals surface area contributed by atoms with Crippen molar-refractivity contribution in [3.63, 3.8) is 0 Å². The number of benzene rings is 2. The van der Waals surface area contributed by atoms with E-state index in [4.69, 9.17) is 11.6 Å². The summed E-state index contributed by atoms with van der Waals surface area (Å²) < 4.78 is 0. The van der Waals surface area contributed by atoms with E-state index in [9.17, 15) is 9.59 Å². The molecule has 0 aliphatic heterocycles. The molecule has 0 spiro atoms.